The summed E-state index contributed by atoms with van der Waals surface area (Å²) in [6.07, 6.45) is 0. The Balaban J connectivity index is 2.29. The molecule has 4 aromatic rings. The van der Waals surface area contributed by atoms with E-state index in [1.807, 2.05) is 48.5 Å². The predicted molar refractivity (Wildman–Crippen MR) is 78.7 cm³/mol. The molecule has 3 nitrogen and oxygen atoms in total. The highest BCUT2D eigenvalue weighted by Gasteiger charge is 2.09. The minimum Gasteiger partial charge on any atom is -0.287 e. The molecule has 2 heterocycles. The Labute approximate surface area is 112 Å². The molecule has 19 heavy (non-hydrogen) atoms. The van der Waals surface area contributed by atoms with Crippen molar-refractivity contribution >= 4 is 42.8 Å². The average Bonchev–Trinajstić information content (AvgIpc) is 2.46. The van der Waals surface area contributed by atoms with Crippen molar-refractivity contribution in [1.29, 1.82) is 0 Å². The van der Waals surface area contributed by atoms with Gasteiger partial charge in [0.15, 0.2) is 0 Å². The Morgan fingerprint density at radius 2 is 1.53 bits per heavy atom. The lowest BCUT2D eigenvalue weighted by molar-refractivity contribution is 1.41. The first-order chi connectivity index (χ1) is 9.33. The lowest BCUT2D eigenvalue weighted by atomic mass is 10.2. The van der Waals surface area contributed by atoms with Crippen LogP contribution in [0.5, 0.6) is 0 Å². The second-order valence-electron chi connectivity index (χ2n) is 4.29. The van der Waals surface area contributed by atoms with Gasteiger partial charge in [-0.1, -0.05) is 24.3 Å². The van der Waals surface area contributed by atoms with Gasteiger partial charge < -0.3 is 0 Å². The second-order valence-corrected chi connectivity index (χ2v) is 5.32. The van der Waals surface area contributed by atoms with E-state index in [0.29, 0.717) is 15.7 Å². The van der Waals surface area contributed by atoms with Crippen LogP contribution in [0, 0.1) is 0 Å². The number of para-hydroxylation sites is 2. The Hall–Kier alpha value is -2.33. The lowest BCUT2D eigenvalue weighted by Gasteiger charge is -2.01. The normalized spacial score (nSPS) is 11.4. The van der Waals surface area contributed by atoms with Crippen molar-refractivity contribution in [2.45, 2.75) is 0 Å². The smallest absolute Gasteiger partial charge is 0.215 e. The van der Waals surface area contributed by atoms with Crippen molar-refractivity contribution < 1.29 is 0 Å². The molecule has 0 aliphatic heterocycles. The molecule has 2 aromatic carbocycles. The van der Waals surface area contributed by atoms with E-state index in [1.165, 1.54) is 11.3 Å². The first kappa shape index (κ1) is 10.6. The molecule has 0 saturated carbocycles. The van der Waals surface area contributed by atoms with Crippen molar-refractivity contribution in [3.05, 3.63) is 58.8 Å². The van der Waals surface area contributed by atoms with Crippen LogP contribution >= 0.6 is 11.3 Å². The summed E-state index contributed by atoms with van der Waals surface area (Å²) in [5.41, 5.74) is 2.00. The predicted octanol–water partition coefficient (Wildman–Crippen LogP) is 3.36. The van der Waals surface area contributed by atoms with Crippen LogP contribution in [0.15, 0.2) is 53.3 Å². The molecule has 0 bridgehead atoms. The fourth-order valence-corrected chi connectivity index (χ4v) is 3.18. The number of nitrogens with zero attached hydrogens (tertiary/aromatic N) is 2. The van der Waals surface area contributed by atoms with Crippen LogP contribution in [0.2, 0.25) is 0 Å². The van der Waals surface area contributed by atoms with Gasteiger partial charge in [-0.15, -0.1) is 11.3 Å². The van der Waals surface area contributed by atoms with Gasteiger partial charge in [0, 0.05) is 10.1 Å². The van der Waals surface area contributed by atoms with E-state index in [-0.39, 0.29) is 5.43 Å². The molecule has 0 unspecified atom stereocenters. The Morgan fingerprint density at radius 3 is 2.37 bits per heavy atom. The molecule has 0 aliphatic carbocycles. The first-order valence-electron chi connectivity index (χ1n) is 5.91. The summed E-state index contributed by atoms with van der Waals surface area (Å²) in [5.74, 6) is 0. The van der Waals surface area contributed by atoms with Crippen LogP contribution in [-0.4, -0.2) is 9.97 Å². The molecule has 0 N–H and O–H groups in total. The molecule has 0 atom stereocenters. The van der Waals surface area contributed by atoms with Gasteiger partial charge in [0.1, 0.15) is 10.3 Å². The van der Waals surface area contributed by atoms with E-state index >= 15 is 0 Å². The van der Waals surface area contributed by atoms with Crippen LogP contribution in [0.3, 0.4) is 0 Å². The summed E-state index contributed by atoms with van der Waals surface area (Å²) < 4.78 is 0.949. The molecule has 0 spiro atoms. The molecular formula is C15H8N2OS. The number of hydrogen-bond acceptors (Lipinski definition) is 4. The van der Waals surface area contributed by atoms with Crippen molar-refractivity contribution in [1.82, 2.24) is 9.97 Å². The zero-order valence-electron chi connectivity index (χ0n) is 9.83. The molecule has 0 aliphatic rings. The first-order valence-corrected chi connectivity index (χ1v) is 6.73. The molecule has 2 aromatic heterocycles. The minimum atomic E-state index is -0.0393. The Kier molecular flexibility index (Phi) is 2.13. The molecular weight excluding hydrogens is 256 g/mol. The third-order valence-corrected chi connectivity index (χ3v) is 4.15. The maximum atomic E-state index is 12.4. The minimum absolute atomic E-state index is 0.0393. The highest BCUT2D eigenvalue weighted by atomic mass is 32.1. The fraction of sp³-hybridized carbons (Fsp3) is 0. The summed E-state index contributed by atoms with van der Waals surface area (Å²) in [4.78, 5) is 22.1. The molecule has 0 saturated heterocycles. The largest absolute Gasteiger partial charge is 0.287 e. The Bertz CT molecular complexity index is 986. The molecule has 0 amide bonds. The monoisotopic (exact) mass is 264 g/mol. The van der Waals surface area contributed by atoms with Crippen molar-refractivity contribution in [2.24, 2.45) is 0 Å². The number of hydrogen-bond donors (Lipinski definition) is 0. The molecule has 4 heteroatoms. The van der Waals surface area contributed by atoms with Crippen molar-refractivity contribution in [3.8, 4) is 0 Å². The maximum Gasteiger partial charge on any atom is 0.215 e. The van der Waals surface area contributed by atoms with Crippen LogP contribution in [0.25, 0.3) is 31.5 Å². The van der Waals surface area contributed by atoms with Crippen LogP contribution in [0.4, 0.5) is 0 Å². The second kappa shape index (κ2) is 3.83. The fourth-order valence-electron chi connectivity index (χ4n) is 2.18. The zero-order chi connectivity index (χ0) is 12.8. The summed E-state index contributed by atoms with van der Waals surface area (Å²) in [6, 6.07) is 15.2. The van der Waals surface area contributed by atoms with Gasteiger partial charge >= 0.3 is 0 Å². The number of rotatable bonds is 0. The Morgan fingerprint density at radius 1 is 0.842 bits per heavy atom. The van der Waals surface area contributed by atoms with Crippen molar-refractivity contribution in [3.63, 3.8) is 0 Å². The summed E-state index contributed by atoms with van der Waals surface area (Å²) in [6.45, 7) is 0. The van der Waals surface area contributed by atoms with Gasteiger partial charge in [0.25, 0.3) is 0 Å². The van der Waals surface area contributed by atoms with E-state index in [1.54, 1.807) is 0 Å². The van der Waals surface area contributed by atoms with Gasteiger partial charge in [-0.3, -0.25) is 4.79 Å². The van der Waals surface area contributed by atoms with Crippen molar-refractivity contribution in [2.75, 3.05) is 0 Å². The van der Waals surface area contributed by atoms with E-state index in [2.05, 4.69) is 9.97 Å². The number of fused-ring (bicyclic) bond motifs is 3. The lowest BCUT2D eigenvalue weighted by Crippen LogP contribution is -2.04. The van der Waals surface area contributed by atoms with Gasteiger partial charge in [-0.2, -0.15) is 0 Å². The van der Waals surface area contributed by atoms with Gasteiger partial charge in [0.2, 0.25) is 5.43 Å². The molecule has 0 fully saturated rings. The standard InChI is InChI=1S/C15H8N2OS/c18-14-9-5-1-4-8-12(9)19-15-13(14)16-10-6-2-3-7-11(10)17-15/h1-8H. The number of benzene rings is 2. The van der Waals surface area contributed by atoms with E-state index in [0.717, 1.165) is 15.7 Å². The van der Waals surface area contributed by atoms with E-state index < -0.39 is 0 Å². The summed E-state index contributed by atoms with van der Waals surface area (Å²) >= 11 is 1.51. The third-order valence-electron chi connectivity index (χ3n) is 3.09. The highest BCUT2D eigenvalue weighted by molar-refractivity contribution is 7.24. The van der Waals surface area contributed by atoms with E-state index in [9.17, 15) is 4.79 Å². The van der Waals surface area contributed by atoms with Gasteiger partial charge in [-0.25, -0.2) is 9.97 Å². The summed E-state index contributed by atoms with van der Waals surface area (Å²) in [7, 11) is 0. The average molecular weight is 264 g/mol. The SMILES string of the molecule is O=c1c2ccccc2sc2nc3ccccc3nc12. The molecule has 0 radical (unpaired) electrons. The zero-order valence-corrected chi connectivity index (χ0v) is 10.6. The third kappa shape index (κ3) is 1.54. The van der Waals surface area contributed by atoms with Crippen LogP contribution < -0.4 is 5.43 Å². The summed E-state index contributed by atoms with van der Waals surface area (Å²) in [5, 5.41) is 0.713. The van der Waals surface area contributed by atoms with Gasteiger partial charge in [0.05, 0.1) is 11.0 Å². The quantitative estimate of drug-likeness (QED) is 0.457. The van der Waals surface area contributed by atoms with Gasteiger partial charge in [-0.05, 0) is 24.3 Å². The van der Waals surface area contributed by atoms with E-state index in [4.69, 9.17) is 0 Å². The van der Waals surface area contributed by atoms with Crippen LogP contribution in [-0.2, 0) is 0 Å². The van der Waals surface area contributed by atoms with Crippen LogP contribution in [0.1, 0.15) is 0 Å². The topological polar surface area (TPSA) is 42.9 Å². The number of aromatic nitrogens is 2. The molecule has 4 rings (SSSR count). The molecule has 90 valence electrons. The maximum absolute atomic E-state index is 12.4. The highest BCUT2D eigenvalue weighted by Crippen LogP contribution is 2.23.